The number of imide groups is 1. The smallest absolute Gasteiger partial charge is 0.329 e. The fourth-order valence-corrected chi connectivity index (χ4v) is 4.93. The Kier molecular flexibility index (Phi) is 9.98. The molecule has 2 aromatic rings. The van der Waals surface area contributed by atoms with E-state index in [1.165, 1.54) is 6.92 Å². The van der Waals surface area contributed by atoms with Gasteiger partial charge in [-0.25, -0.2) is 4.79 Å². The number of hydrogen-bond acceptors (Lipinski definition) is 6. The molecule has 0 radical (unpaired) electrons. The number of nitrogens with zero attached hydrogens (tertiary/aromatic N) is 1. The van der Waals surface area contributed by atoms with Crippen molar-refractivity contribution < 1.29 is 28.7 Å². The van der Waals surface area contributed by atoms with Crippen molar-refractivity contribution in [3.05, 3.63) is 71.8 Å². The molecule has 39 heavy (non-hydrogen) atoms. The largest absolute Gasteiger partial charge is 0.464 e. The van der Waals surface area contributed by atoms with E-state index in [1.54, 1.807) is 43.3 Å². The lowest BCUT2D eigenvalue weighted by molar-refractivity contribution is -0.158. The third-order valence-corrected chi connectivity index (χ3v) is 6.60. The van der Waals surface area contributed by atoms with Gasteiger partial charge in [0.25, 0.3) is 5.91 Å². The van der Waals surface area contributed by atoms with Gasteiger partial charge in [0.2, 0.25) is 17.7 Å². The number of nitrogens with one attached hydrogen (secondary N) is 2. The molecular weight excluding hydrogens is 498 g/mol. The first-order valence-electron chi connectivity index (χ1n) is 13.3. The van der Waals surface area contributed by atoms with E-state index in [-0.39, 0.29) is 37.7 Å². The molecule has 3 rings (SSSR count). The van der Waals surface area contributed by atoms with Gasteiger partial charge in [0.15, 0.2) is 0 Å². The van der Waals surface area contributed by atoms with E-state index >= 15 is 0 Å². The minimum atomic E-state index is -1.63. The minimum Gasteiger partial charge on any atom is -0.464 e. The van der Waals surface area contributed by atoms with Crippen molar-refractivity contribution in [1.29, 1.82) is 0 Å². The summed E-state index contributed by atoms with van der Waals surface area (Å²) in [6.45, 7) is 6.89. The summed E-state index contributed by atoms with van der Waals surface area (Å²) in [7, 11) is 0. The first-order valence-corrected chi connectivity index (χ1v) is 13.3. The van der Waals surface area contributed by atoms with Gasteiger partial charge in [-0.2, -0.15) is 0 Å². The monoisotopic (exact) mass is 535 g/mol. The molecule has 0 bridgehead atoms. The van der Waals surface area contributed by atoms with Crippen molar-refractivity contribution in [2.24, 2.45) is 5.92 Å². The Bertz CT molecular complexity index is 1180. The molecule has 3 atom stereocenters. The molecule has 0 spiro atoms. The highest BCUT2D eigenvalue weighted by Gasteiger charge is 2.56. The molecule has 1 saturated heterocycles. The van der Waals surface area contributed by atoms with Crippen molar-refractivity contribution in [1.82, 2.24) is 15.5 Å². The van der Waals surface area contributed by atoms with Gasteiger partial charge >= 0.3 is 5.97 Å². The van der Waals surface area contributed by atoms with Gasteiger partial charge in [-0.1, -0.05) is 74.5 Å². The Morgan fingerprint density at radius 2 is 1.56 bits per heavy atom. The summed E-state index contributed by atoms with van der Waals surface area (Å²) in [5.41, 5.74) is -0.148. The molecule has 208 valence electrons. The van der Waals surface area contributed by atoms with Crippen molar-refractivity contribution in [3.8, 4) is 0 Å². The standard InChI is InChI=1S/C30H37N3O6/c1-5-39-28(37)25(17-22-12-8-6-9-13-22)33-26(35)19-30(29(33)38,18-23-14-10-7-11-15-23)32-27(36)24(16-20(2)3)31-21(4)34/h6-15,20,24-25H,5,16-19H2,1-4H3,(H,31,34)(H,32,36)/t24-,25-,30+/m0/s1. The Hall–Kier alpha value is -4.01. The summed E-state index contributed by atoms with van der Waals surface area (Å²) >= 11 is 0. The average Bonchev–Trinajstić information content (AvgIpc) is 3.11. The van der Waals surface area contributed by atoms with E-state index in [4.69, 9.17) is 4.74 Å². The second-order valence-corrected chi connectivity index (χ2v) is 10.3. The summed E-state index contributed by atoms with van der Waals surface area (Å²) in [6, 6.07) is 16.0. The highest BCUT2D eigenvalue weighted by molar-refractivity contribution is 6.12. The zero-order valence-corrected chi connectivity index (χ0v) is 22.9. The van der Waals surface area contributed by atoms with Gasteiger partial charge in [0.1, 0.15) is 17.6 Å². The molecule has 2 aromatic carbocycles. The first kappa shape index (κ1) is 29.5. The van der Waals surface area contributed by atoms with Crippen LogP contribution >= 0.6 is 0 Å². The SMILES string of the molecule is CCOC(=O)[C@H](Cc1ccccc1)N1C(=O)C[C@@](Cc2ccccc2)(NC(=O)[C@H](CC(C)C)NC(C)=O)C1=O. The van der Waals surface area contributed by atoms with Crippen LogP contribution in [0, 0.1) is 5.92 Å². The second kappa shape index (κ2) is 13.2. The quantitative estimate of drug-likeness (QED) is 0.318. The van der Waals surface area contributed by atoms with Crippen LogP contribution < -0.4 is 10.6 Å². The number of esters is 1. The van der Waals surface area contributed by atoms with E-state index < -0.39 is 41.3 Å². The van der Waals surface area contributed by atoms with Gasteiger partial charge in [-0.3, -0.25) is 24.1 Å². The van der Waals surface area contributed by atoms with Crippen LogP contribution in [0.15, 0.2) is 60.7 Å². The first-order chi connectivity index (χ1) is 18.6. The van der Waals surface area contributed by atoms with E-state index in [2.05, 4.69) is 10.6 Å². The molecule has 0 saturated carbocycles. The van der Waals surface area contributed by atoms with Crippen LogP contribution in [0.2, 0.25) is 0 Å². The minimum absolute atomic E-state index is 0.0377. The summed E-state index contributed by atoms with van der Waals surface area (Å²) in [4.78, 5) is 67.1. The lowest BCUT2D eigenvalue weighted by Crippen LogP contribution is -2.61. The van der Waals surface area contributed by atoms with E-state index in [1.807, 2.05) is 38.1 Å². The number of likely N-dealkylation sites (tertiary alicyclic amines) is 1. The molecule has 4 amide bonds. The number of benzene rings is 2. The Labute approximate surface area is 229 Å². The Morgan fingerprint density at radius 1 is 0.974 bits per heavy atom. The second-order valence-electron chi connectivity index (χ2n) is 10.3. The van der Waals surface area contributed by atoms with Gasteiger partial charge in [0.05, 0.1) is 13.0 Å². The van der Waals surface area contributed by atoms with Crippen LogP contribution in [0.1, 0.15) is 51.7 Å². The van der Waals surface area contributed by atoms with Gasteiger partial charge in [-0.15, -0.1) is 0 Å². The van der Waals surface area contributed by atoms with Gasteiger partial charge < -0.3 is 15.4 Å². The van der Waals surface area contributed by atoms with Crippen LogP contribution in [0.5, 0.6) is 0 Å². The molecule has 1 heterocycles. The topological polar surface area (TPSA) is 122 Å². The summed E-state index contributed by atoms with van der Waals surface area (Å²) < 4.78 is 5.26. The maximum atomic E-state index is 14.2. The van der Waals surface area contributed by atoms with Crippen LogP contribution in [0.4, 0.5) is 0 Å². The van der Waals surface area contributed by atoms with Crippen LogP contribution in [-0.4, -0.2) is 58.7 Å². The van der Waals surface area contributed by atoms with Crippen LogP contribution in [0.3, 0.4) is 0 Å². The number of carbonyl (C=O) groups is 5. The van der Waals surface area contributed by atoms with E-state index in [0.29, 0.717) is 6.42 Å². The Balaban J connectivity index is 2.01. The fourth-order valence-electron chi connectivity index (χ4n) is 4.93. The third kappa shape index (κ3) is 7.52. The molecule has 9 nitrogen and oxygen atoms in total. The average molecular weight is 536 g/mol. The maximum Gasteiger partial charge on any atom is 0.329 e. The zero-order valence-electron chi connectivity index (χ0n) is 22.9. The molecule has 0 aliphatic carbocycles. The number of hydrogen-bond donors (Lipinski definition) is 2. The molecule has 0 aromatic heterocycles. The van der Waals surface area contributed by atoms with E-state index in [9.17, 15) is 24.0 Å². The highest BCUT2D eigenvalue weighted by Crippen LogP contribution is 2.32. The predicted molar refractivity (Wildman–Crippen MR) is 145 cm³/mol. The normalized spacial score (nSPS) is 18.5. The van der Waals surface area contributed by atoms with E-state index in [0.717, 1.165) is 16.0 Å². The number of carbonyl (C=O) groups excluding carboxylic acids is 5. The predicted octanol–water partition coefficient (Wildman–Crippen LogP) is 2.57. The van der Waals surface area contributed by atoms with Crippen molar-refractivity contribution >= 4 is 29.6 Å². The van der Waals surface area contributed by atoms with Gasteiger partial charge in [0, 0.05) is 19.8 Å². The van der Waals surface area contributed by atoms with Crippen molar-refractivity contribution in [2.75, 3.05) is 6.61 Å². The van der Waals surface area contributed by atoms with Crippen LogP contribution in [0.25, 0.3) is 0 Å². The summed E-state index contributed by atoms with van der Waals surface area (Å²) in [5.74, 6) is -2.81. The number of ether oxygens (including phenoxy) is 1. The molecule has 2 N–H and O–H groups in total. The van der Waals surface area contributed by atoms with Gasteiger partial charge in [-0.05, 0) is 30.4 Å². The molecule has 9 heteroatoms. The fraction of sp³-hybridized carbons (Fsp3) is 0.433. The summed E-state index contributed by atoms with van der Waals surface area (Å²) in [6.07, 6.45) is 0.133. The maximum absolute atomic E-state index is 14.2. The number of amides is 4. The Morgan fingerprint density at radius 3 is 2.10 bits per heavy atom. The molecule has 0 unspecified atom stereocenters. The lowest BCUT2D eigenvalue weighted by Gasteiger charge is -2.32. The number of rotatable bonds is 12. The van der Waals surface area contributed by atoms with Crippen molar-refractivity contribution in [2.45, 2.75) is 71.0 Å². The molecule has 1 aliphatic heterocycles. The summed E-state index contributed by atoms with van der Waals surface area (Å²) in [5, 5.41) is 5.49. The van der Waals surface area contributed by atoms with Crippen molar-refractivity contribution in [3.63, 3.8) is 0 Å². The third-order valence-electron chi connectivity index (χ3n) is 6.60. The molecule has 1 aliphatic rings. The highest BCUT2D eigenvalue weighted by atomic mass is 16.5. The molecular formula is C30H37N3O6. The molecule has 1 fully saturated rings. The van der Waals surface area contributed by atoms with Crippen LogP contribution in [-0.2, 0) is 41.6 Å². The lowest BCUT2D eigenvalue weighted by atomic mass is 9.88. The zero-order chi connectivity index (χ0) is 28.6.